The van der Waals surface area contributed by atoms with Gasteiger partial charge in [0.2, 0.25) is 5.91 Å². The third-order valence-electron chi connectivity index (χ3n) is 2.55. The lowest BCUT2D eigenvalue weighted by atomic mass is 10.2. The van der Waals surface area contributed by atoms with Gasteiger partial charge in [-0.25, -0.2) is 4.98 Å². The Balaban J connectivity index is 2.94. The van der Waals surface area contributed by atoms with Crippen molar-refractivity contribution in [1.29, 1.82) is 0 Å². The van der Waals surface area contributed by atoms with E-state index in [0.29, 0.717) is 5.56 Å². The molecule has 0 spiro atoms. The highest BCUT2D eigenvalue weighted by Gasteiger charge is 2.19. The average Bonchev–Trinajstić information content (AvgIpc) is 2.44. The molecule has 0 unspecified atom stereocenters. The zero-order valence-electron chi connectivity index (χ0n) is 11.9. The molecule has 0 saturated heterocycles. The van der Waals surface area contributed by atoms with Crippen molar-refractivity contribution in [3.8, 4) is 11.8 Å². The van der Waals surface area contributed by atoms with Crippen LogP contribution in [0.25, 0.3) is 0 Å². The molecule has 20 heavy (non-hydrogen) atoms. The summed E-state index contributed by atoms with van der Waals surface area (Å²) in [6.07, 6.45) is 1.52. The van der Waals surface area contributed by atoms with Crippen molar-refractivity contribution in [3.05, 3.63) is 29.6 Å². The lowest BCUT2D eigenvalue weighted by Gasteiger charge is -2.19. The van der Waals surface area contributed by atoms with Crippen molar-refractivity contribution >= 4 is 11.8 Å². The van der Waals surface area contributed by atoms with Gasteiger partial charge in [-0.15, -0.1) is 0 Å². The monoisotopic (exact) mass is 274 g/mol. The van der Waals surface area contributed by atoms with Crippen LogP contribution < -0.4 is 5.73 Å². The molecule has 6 heteroatoms. The minimum absolute atomic E-state index is 0.00777. The van der Waals surface area contributed by atoms with Crippen LogP contribution in [0.1, 0.15) is 16.1 Å². The van der Waals surface area contributed by atoms with E-state index in [2.05, 4.69) is 16.8 Å². The highest BCUT2D eigenvalue weighted by atomic mass is 16.2. The number of pyridine rings is 1. The second kappa shape index (κ2) is 7.26. The number of aromatic nitrogens is 1. The fourth-order valence-corrected chi connectivity index (χ4v) is 1.42. The van der Waals surface area contributed by atoms with E-state index < -0.39 is 0 Å². The first-order valence-electron chi connectivity index (χ1n) is 6.07. The van der Waals surface area contributed by atoms with Gasteiger partial charge in [0, 0.05) is 27.3 Å². The molecule has 0 radical (unpaired) electrons. The number of hydrogen-bond acceptors (Lipinski definition) is 4. The van der Waals surface area contributed by atoms with Gasteiger partial charge in [0.05, 0.1) is 18.7 Å². The molecule has 0 saturated carbocycles. The Morgan fingerprint density at radius 3 is 2.65 bits per heavy atom. The molecular formula is C14H18N4O2. The number of carbonyl (C=O) groups is 2. The van der Waals surface area contributed by atoms with Gasteiger partial charge in [0.25, 0.3) is 5.91 Å². The van der Waals surface area contributed by atoms with Gasteiger partial charge in [-0.05, 0) is 12.1 Å². The minimum atomic E-state index is -0.345. The second-order valence-corrected chi connectivity index (χ2v) is 4.35. The summed E-state index contributed by atoms with van der Waals surface area (Å²) in [4.78, 5) is 30.7. The lowest BCUT2D eigenvalue weighted by molar-refractivity contribution is -0.129. The van der Waals surface area contributed by atoms with Gasteiger partial charge in [0.1, 0.15) is 5.69 Å². The van der Waals surface area contributed by atoms with E-state index in [1.54, 1.807) is 33.3 Å². The maximum Gasteiger partial charge on any atom is 0.273 e. The van der Waals surface area contributed by atoms with Crippen molar-refractivity contribution < 1.29 is 9.59 Å². The highest BCUT2D eigenvalue weighted by molar-refractivity contribution is 5.96. The number of amides is 2. The summed E-state index contributed by atoms with van der Waals surface area (Å²) in [5, 5.41) is 0. The number of hydrogen-bond donors (Lipinski definition) is 1. The number of rotatable bonds is 3. The standard InChI is InChI=1S/C14H18N4O2/c1-17(2)12(19)10-18(3)14(20)13-11(6-4-8-15)7-5-9-16-13/h5,7,9H,8,10,15H2,1-3H3. The predicted octanol–water partition coefficient (Wildman–Crippen LogP) is -0.448. The molecule has 0 aromatic carbocycles. The summed E-state index contributed by atoms with van der Waals surface area (Å²) in [5.74, 6) is 4.99. The summed E-state index contributed by atoms with van der Waals surface area (Å²) in [5.41, 5.74) is 6.05. The third-order valence-corrected chi connectivity index (χ3v) is 2.55. The van der Waals surface area contributed by atoms with E-state index in [1.807, 2.05) is 0 Å². The molecule has 0 aliphatic carbocycles. The van der Waals surface area contributed by atoms with Crippen LogP contribution in [0.15, 0.2) is 18.3 Å². The Hall–Kier alpha value is -2.39. The lowest BCUT2D eigenvalue weighted by Crippen LogP contribution is -2.38. The Morgan fingerprint density at radius 2 is 2.05 bits per heavy atom. The van der Waals surface area contributed by atoms with Crippen molar-refractivity contribution in [3.63, 3.8) is 0 Å². The Bertz CT molecular complexity index is 558. The second-order valence-electron chi connectivity index (χ2n) is 4.35. The fraction of sp³-hybridized carbons (Fsp3) is 0.357. The zero-order valence-corrected chi connectivity index (χ0v) is 11.9. The van der Waals surface area contributed by atoms with Crippen LogP contribution in [-0.2, 0) is 4.79 Å². The van der Waals surface area contributed by atoms with E-state index >= 15 is 0 Å². The van der Waals surface area contributed by atoms with Crippen LogP contribution in [0.5, 0.6) is 0 Å². The van der Waals surface area contributed by atoms with Gasteiger partial charge in [-0.2, -0.15) is 0 Å². The summed E-state index contributed by atoms with van der Waals surface area (Å²) in [7, 11) is 4.83. The van der Waals surface area contributed by atoms with Crippen LogP contribution in [0.3, 0.4) is 0 Å². The number of carbonyl (C=O) groups excluding carboxylic acids is 2. The average molecular weight is 274 g/mol. The van der Waals surface area contributed by atoms with Crippen molar-refractivity contribution in [1.82, 2.24) is 14.8 Å². The molecule has 6 nitrogen and oxygen atoms in total. The van der Waals surface area contributed by atoms with Crippen LogP contribution in [0.2, 0.25) is 0 Å². The third kappa shape index (κ3) is 4.07. The molecule has 0 atom stereocenters. The fourth-order valence-electron chi connectivity index (χ4n) is 1.42. The largest absolute Gasteiger partial charge is 0.347 e. The topological polar surface area (TPSA) is 79.5 Å². The highest BCUT2D eigenvalue weighted by Crippen LogP contribution is 2.07. The molecule has 2 amide bonds. The van der Waals surface area contributed by atoms with Gasteiger partial charge in [-0.3, -0.25) is 9.59 Å². The molecule has 106 valence electrons. The molecule has 0 bridgehead atoms. The molecule has 1 rings (SSSR count). The van der Waals surface area contributed by atoms with E-state index in [-0.39, 0.29) is 30.6 Å². The van der Waals surface area contributed by atoms with Gasteiger partial charge >= 0.3 is 0 Å². The zero-order chi connectivity index (χ0) is 15.1. The quantitative estimate of drug-likeness (QED) is 0.757. The molecule has 1 heterocycles. The maximum absolute atomic E-state index is 12.3. The van der Waals surface area contributed by atoms with Crippen molar-refractivity contribution in [2.45, 2.75) is 0 Å². The minimum Gasteiger partial charge on any atom is -0.347 e. The number of nitrogens with zero attached hydrogens (tertiary/aromatic N) is 3. The van der Waals surface area contributed by atoms with Crippen molar-refractivity contribution in [2.75, 3.05) is 34.2 Å². The molecule has 0 aliphatic rings. The van der Waals surface area contributed by atoms with Gasteiger partial charge in [0.15, 0.2) is 0 Å². The van der Waals surface area contributed by atoms with Crippen LogP contribution in [-0.4, -0.2) is 60.8 Å². The maximum atomic E-state index is 12.3. The van der Waals surface area contributed by atoms with Crippen LogP contribution in [0, 0.1) is 11.8 Å². The molecule has 1 aromatic heterocycles. The van der Waals surface area contributed by atoms with Crippen LogP contribution >= 0.6 is 0 Å². The summed E-state index contributed by atoms with van der Waals surface area (Å²) in [6.45, 7) is 0.198. The number of likely N-dealkylation sites (N-methyl/N-ethyl adjacent to an activating group) is 2. The molecule has 2 N–H and O–H groups in total. The summed E-state index contributed by atoms with van der Waals surface area (Å²) < 4.78 is 0. The smallest absolute Gasteiger partial charge is 0.273 e. The SMILES string of the molecule is CN(C)C(=O)CN(C)C(=O)c1ncccc1C#CCN. The molecule has 0 aliphatic heterocycles. The Morgan fingerprint density at radius 1 is 1.35 bits per heavy atom. The van der Waals surface area contributed by atoms with Crippen molar-refractivity contribution in [2.24, 2.45) is 5.73 Å². The first kappa shape index (κ1) is 15.7. The van der Waals surface area contributed by atoms with E-state index in [0.717, 1.165) is 0 Å². The molecule has 1 aromatic rings. The summed E-state index contributed by atoms with van der Waals surface area (Å²) >= 11 is 0. The van der Waals surface area contributed by atoms with Gasteiger partial charge in [-0.1, -0.05) is 11.8 Å². The Labute approximate surface area is 118 Å². The van der Waals surface area contributed by atoms with E-state index in [9.17, 15) is 9.59 Å². The normalized spacial score (nSPS) is 9.40. The Kier molecular flexibility index (Phi) is 5.69. The first-order chi connectivity index (χ1) is 9.47. The van der Waals surface area contributed by atoms with E-state index in [4.69, 9.17) is 5.73 Å². The predicted molar refractivity (Wildman–Crippen MR) is 75.8 cm³/mol. The molecular weight excluding hydrogens is 256 g/mol. The van der Waals surface area contributed by atoms with Crippen LogP contribution in [0.4, 0.5) is 0 Å². The summed E-state index contributed by atoms with van der Waals surface area (Å²) in [6, 6.07) is 3.40. The van der Waals surface area contributed by atoms with E-state index in [1.165, 1.54) is 16.0 Å². The van der Waals surface area contributed by atoms with Gasteiger partial charge < -0.3 is 15.5 Å². The number of nitrogens with two attached hydrogens (primary N) is 1. The molecule has 0 fully saturated rings. The first-order valence-corrected chi connectivity index (χ1v) is 6.07.